The van der Waals surface area contributed by atoms with E-state index in [0.717, 1.165) is 19.3 Å². The highest BCUT2D eigenvalue weighted by Crippen LogP contribution is 2.35. The second-order valence-electron chi connectivity index (χ2n) is 4.23. The summed E-state index contributed by atoms with van der Waals surface area (Å²) in [6, 6.07) is 10.4. The van der Waals surface area contributed by atoms with E-state index in [9.17, 15) is 4.79 Å². The van der Waals surface area contributed by atoms with E-state index in [1.165, 1.54) is 4.90 Å². The molecule has 0 aromatic heterocycles. The van der Waals surface area contributed by atoms with Gasteiger partial charge in [-0.05, 0) is 24.5 Å². The van der Waals surface area contributed by atoms with Gasteiger partial charge in [0.15, 0.2) is 0 Å². The van der Waals surface area contributed by atoms with Crippen LogP contribution in [0.1, 0.15) is 26.2 Å². The van der Waals surface area contributed by atoms with Crippen molar-refractivity contribution < 1.29 is 4.79 Å². The van der Waals surface area contributed by atoms with Crippen LogP contribution in [-0.4, -0.2) is 11.0 Å². The third kappa shape index (κ3) is 2.85. The SMILES string of the molecule is C[C@@H]1CCC(=O)C[C@@H]1Sc1ccccc1. The lowest BCUT2D eigenvalue weighted by Crippen LogP contribution is -2.24. The Morgan fingerprint density at radius 1 is 1.27 bits per heavy atom. The van der Waals surface area contributed by atoms with Crippen LogP contribution in [0.3, 0.4) is 0 Å². The summed E-state index contributed by atoms with van der Waals surface area (Å²) in [5, 5.41) is 0.480. The molecule has 2 heteroatoms. The molecule has 0 amide bonds. The predicted molar refractivity (Wildman–Crippen MR) is 64.1 cm³/mol. The third-order valence-corrected chi connectivity index (χ3v) is 4.45. The van der Waals surface area contributed by atoms with Gasteiger partial charge in [0.05, 0.1) is 0 Å². The van der Waals surface area contributed by atoms with Gasteiger partial charge in [-0.2, -0.15) is 0 Å². The zero-order chi connectivity index (χ0) is 10.7. The summed E-state index contributed by atoms with van der Waals surface area (Å²) in [6.45, 7) is 2.26. The molecule has 15 heavy (non-hydrogen) atoms. The quantitative estimate of drug-likeness (QED) is 0.758. The first-order chi connectivity index (χ1) is 7.25. The van der Waals surface area contributed by atoms with Gasteiger partial charge >= 0.3 is 0 Å². The van der Waals surface area contributed by atoms with Crippen LogP contribution in [-0.2, 0) is 4.79 Å². The lowest BCUT2D eigenvalue weighted by atomic mass is 9.89. The fraction of sp³-hybridized carbons (Fsp3) is 0.462. The first kappa shape index (κ1) is 10.7. The number of carbonyl (C=O) groups is 1. The lowest BCUT2D eigenvalue weighted by molar-refractivity contribution is -0.120. The molecule has 0 heterocycles. The fourth-order valence-corrected chi connectivity index (χ4v) is 3.24. The Balaban J connectivity index is 2.01. The monoisotopic (exact) mass is 220 g/mol. The van der Waals surface area contributed by atoms with E-state index in [2.05, 4.69) is 31.2 Å². The van der Waals surface area contributed by atoms with E-state index in [0.29, 0.717) is 17.0 Å². The minimum Gasteiger partial charge on any atom is -0.300 e. The third-order valence-electron chi connectivity index (χ3n) is 2.97. The van der Waals surface area contributed by atoms with Crippen molar-refractivity contribution >= 4 is 17.5 Å². The molecule has 1 aromatic carbocycles. The molecule has 0 spiro atoms. The van der Waals surface area contributed by atoms with Gasteiger partial charge in [0.1, 0.15) is 5.78 Å². The van der Waals surface area contributed by atoms with Crippen LogP contribution in [0.2, 0.25) is 0 Å². The minimum atomic E-state index is 0.432. The Hall–Kier alpha value is -0.760. The Morgan fingerprint density at radius 3 is 2.73 bits per heavy atom. The standard InChI is InChI=1S/C13H16OS/c1-10-7-8-11(14)9-13(10)15-12-5-3-2-4-6-12/h2-6,10,13H,7-9H2,1H3/t10-,13+/m1/s1. The van der Waals surface area contributed by atoms with Gasteiger partial charge in [-0.15, -0.1) is 11.8 Å². The molecule has 1 aliphatic rings. The number of rotatable bonds is 2. The minimum absolute atomic E-state index is 0.432. The smallest absolute Gasteiger partial charge is 0.134 e. The van der Waals surface area contributed by atoms with Gasteiger partial charge in [-0.25, -0.2) is 0 Å². The second kappa shape index (κ2) is 4.84. The number of hydrogen-bond donors (Lipinski definition) is 0. The maximum atomic E-state index is 11.4. The highest BCUT2D eigenvalue weighted by molar-refractivity contribution is 8.00. The predicted octanol–water partition coefficient (Wildman–Crippen LogP) is 3.54. The van der Waals surface area contributed by atoms with E-state index in [4.69, 9.17) is 0 Å². The van der Waals surface area contributed by atoms with E-state index >= 15 is 0 Å². The molecule has 2 rings (SSSR count). The summed E-state index contributed by atoms with van der Waals surface area (Å²) in [5.74, 6) is 1.09. The number of benzene rings is 1. The van der Waals surface area contributed by atoms with Crippen molar-refractivity contribution in [3.8, 4) is 0 Å². The fourth-order valence-electron chi connectivity index (χ4n) is 1.93. The average Bonchev–Trinajstić information content (AvgIpc) is 2.25. The maximum absolute atomic E-state index is 11.4. The highest BCUT2D eigenvalue weighted by atomic mass is 32.2. The molecular weight excluding hydrogens is 204 g/mol. The van der Waals surface area contributed by atoms with Crippen LogP contribution >= 0.6 is 11.8 Å². The van der Waals surface area contributed by atoms with Gasteiger partial charge in [0, 0.05) is 23.0 Å². The van der Waals surface area contributed by atoms with E-state index in [1.54, 1.807) is 0 Å². The molecular formula is C13H16OS. The van der Waals surface area contributed by atoms with Crippen LogP contribution in [0.25, 0.3) is 0 Å². The number of ketones is 1. The van der Waals surface area contributed by atoms with Crippen molar-refractivity contribution in [3.63, 3.8) is 0 Å². The first-order valence-electron chi connectivity index (χ1n) is 5.49. The second-order valence-corrected chi connectivity index (χ2v) is 5.54. The maximum Gasteiger partial charge on any atom is 0.134 e. The normalized spacial score (nSPS) is 26.6. The lowest BCUT2D eigenvalue weighted by Gasteiger charge is -2.27. The molecule has 1 fully saturated rings. The van der Waals surface area contributed by atoms with Crippen molar-refractivity contribution in [3.05, 3.63) is 30.3 Å². The van der Waals surface area contributed by atoms with Crippen LogP contribution in [0.4, 0.5) is 0 Å². The van der Waals surface area contributed by atoms with Gasteiger partial charge in [-0.3, -0.25) is 4.79 Å². The molecule has 0 unspecified atom stereocenters. The zero-order valence-corrected chi connectivity index (χ0v) is 9.80. The largest absolute Gasteiger partial charge is 0.300 e. The summed E-state index contributed by atoms with van der Waals surface area (Å²) in [5.41, 5.74) is 0. The van der Waals surface area contributed by atoms with E-state index in [1.807, 2.05) is 17.8 Å². The summed E-state index contributed by atoms with van der Waals surface area (Å²) in [7, 11) is 0. The van der Waals surface area contributed by atoms with Gasteiger partial charge in [0.25, 0.3) is 0 Å². The molecule has 1 aliphatic carbocycles. The summed E-state index contributed by atoms with van der Waals surface area (Å²) >= 11 is 1.86. The van der Waals surface area contributed by atoms with Crippen molar-refractivity contribution in [1.82, 2.24) is 0 Å². The highest BCUT2D eigenvalue weighted by Gasteiger charge is 2.26. The topological polar surface area (TPSA) is 17.1 Å². The summed E-state index contributed by atoms with van der Waals surface area (Å²) < 4.78 is 0. The van der Waals surface area contributed by atoms with Crippen LogP contribution in [0.5, 0.6) is 0 Å². The Kier molecular flexibility index (Phi) is 3.47. The zero-order valence-electron chi connectivity index (χ0n) is 8.98. The molecule has 80 valence electrons. The summed E-state index contributed by atoms with van der Waals surface area (Å²) in [4.78, 5) is 12.7. The van der Waals surface area contributed by atoms with Gasteiger partial charge in [0.2, 0.25) is 0 Å². The Morgan fingerprint density at radius 2 is 2.00 bits per heavy atom. The Labute approximate surface area is 95.3 Å². The van der Waals surface area contributed by atoms with Gasteiger partial charge in [-0.1, -0.05) is 25.1 Å². The molecule has 2 atom stereocenters. The number of Topliss-reactive ketones (excluding diaryl/α,β-unsaturated/α-hetero) is 1. The van der Waals surface area contributed by atoms with E-state index < -0.39 is 0 Å². The Bertz CT molecular complexity index is 334. The number of thioether (sulfide) groups is 1. The van der Waals surface area contributed by atoms with E-state index in [-0.39, 0.29) is 0 Å². The molecule has 0 aliphatic heterocycles. The number of hydrogen-bond acceptors (Lipinski definition) is 2. The van der Waals surface area contributed by atoms with Crippen molar-refractivity contribution in [2.75, 3.05) is 0 Å². The summed E-state index contributed by atoms with van der Waals surface area (Å²) in [6.07, 6.45) is 2.59. The number of carbonyl (C=O) groups excluding carboxylic acids is 1. The van der Waals surface area contributed by atoms with Crippen LogP contribution in [0.15, 0.2) is 35.2 Å². The van der Waals surface area contributed by atoms with Crippen molar-refractivity contribution in [2.24, 2.45) is 5.92 Å². The van der Waals surface area contributed by atoms with Crippen LogP contribution in [0, 0.1) is 5.92 Å². The molecule has 1 nitrogen and oxygen atoms in total. The molecule has 0 bridgehead atoms. The van der Waals surface area contributed by atoms with Gasteiger partial charge < -0.3 is 0 Å². The van der Waals surface area contributed by atoms with Crippen LogP contribution < -0.4 is 0 Å². The molecule has 1 aromatic rings. The molecule has 1 saturated carbocycles. The first-order valence-corrected chi connectivity index (χ1v) is 6.37. The van der Waals surface area contributed by atoms with Crippen molar-refractivity contribution in [1.29, 1.82) is 0 Å². The molecule has 0 N–H and O–H groups in total. The average molecular weight is 220 g/mol. The van der Waals surface area contributed by atoms with Crippen molar-refractivity contribution in [2.45, 2.75) is 36.3 Å². The molecule has 0 radical (unpaired) electrons. The molecule has 0 saturated heterocycles.